The molecular weight excluding hydrogens is 401 g/mol. The second-order valence-corrected chi connectivity index (χ2v) is 6.39. The number of nitrogens with one attached hydrogen (secondary N) is 1. The molecule has 0 bridgehead atoms. The monoisotopic (exact) mass is 429 g/mol. The van der Waals surface area contributed by atoms with Gasteiger partial charge in [0.25, 0.3) is 5.91 Å². The molecular formula is C20H29Cl2N3O3. The molecule has 3 N–H and O–H groups in total. The Labute approximate surface area is 179 Å². The smallest absolute Gasteiger partial charge is 0.251 e. The highest BCUT2D eigenvalue weighted by molar-refractivity contribution is 5.96. The molecule has 1 amide bonds. The number of anilines is 1. The summed E-state index contributed by atoms with van der Waals surface area (Å²) in [5.74, 6) is 1.19. The zero-order chi connectivity index (χ0) is 19.1. The van der Waals surface area contributed by atoms with Crippen molar-refractivity contribution in [2.45, 2.75) is 13.5 Å². The summed E-state index contributed by atoms with van der Waals surface area (Å²) in [7, 11) is 5.59. The number of ether oxygens (including phenoxy) is 2. The number of rotatable bonds is 8. The Kier molecular flexibility index (Phi) is 11.4. The van der Waals surface area contributed by atoms with E-state index in [0.717, 1.165) is 17.7 Å². The van der Waals surface area contributed by atoms with Crippen LogP contribution in [0.2, 0.25) is 0 Å². The van der Waals surface area contributed by atoms with E-state index in [4.69, 9.17) is 15.2 Å². The lowest BCUT2D eigenvalue weighted by atomic mass is 10.1. The van der Waals surface area contributed by atoms with Crippen LogP contribution in [0, 0.1) is 6.92 Å². The van der Waals surface area contributed by atoms with Crippen LogP contribution in [0.1, 0.15) is 21.5 Å². The SMILES string of the molecule is COc1cc(CNC(=O)c2cc(N)ccc2C)ccc1OCCN(C)C.Cl.Cl. The second kappa shape index (κ2) is 12.3. The van der Waals surface area contributed by atoms with Crippen molar-refractivity contribution >= 4 is 36.4 Å². The number of hydrogen-bond donors (Lipinski definition) is 2. The van der Waals surface area contributed by atoms with Crippen molar-refractivity contribution in [2.75, 3.05) is 40.1 Å². The van der Waals surface area contributed by atoms with Crippen LogP contribution in [0.25, 0.3) is 0 Å². The van der Waals surface area contributed by atoms with E-state index in [9.17, 15) is 4.79 Å². The molecule has 0 heterocycles. The number of methoxy groups -OCH3 is 1. The summed E-state index contributed by atoms with van der Waals surface area (Å²) in [6.45, 7) is 3.67. The van der Waals surface area contributed by atoms with Gasteiger partial charge in [0, 0.05) is 24.3 Å². The van der Waals surface area contributed by atoms with Crippen LogP contribution >= 0.6 is 24.8 Å². The highest BCUT2D eigenvalue weighted by Crippen LogP contribution is 2.28. The second-order valence-electron chi connectivity index (χ2n) is 6.39. The summed E-state index contributed by atoms with van der Waals surface area (Å²) < 4.78 is 11.2. The van der Waals surface area contributed by atoms with E-state index in [1.165, 1.54) is 0 Å². The van der Waals surface area contributed by atoms with Gasteiger partial charge in [-0.05, 0) is 56.4 Å². The largest absolute Gasteiger partial charge is 0.493 e. The van der Waals surface area contributed by atoms with Gasteiger partial charge in [-0.1, -0.05) is 12.1 Å². The van der Waals surface area contributed by atoms with Crippen molar-refractivity contribution < 1.29 is 14.3 Å². The van der Waals surface area contributed by atoms with Gasteiger partial charge in [0.2, 0.25) is 0 Å². The van der Waals surface area contributed by atoms with E-state index in [-0.39, 0.29) is 30.7 Å². The highest BCUT2D eigenvalue weighted by Gasteiger charge is 2.11. The Morgan fingerprint density at radius 1 is 1.11 bits per heavy atom. The third-order valence-electron chi connectivity index (χ3n) is 3.98. The number of aryl methyl sites for hydroxylation is 1. The van der Waals surface area contributed by atoms with Crippen LogP contribution in [0.5, 0.6) is 11.5 Å². The molecule has 0 aliphatic rings. The molecule has 2 aromatic rings. The van der Waals surface area contributed by atoms with Gasteiger partial charge >= 0.3 is 0 Å². The van der Waals surface area contributed by atoms with Crippen molar-refractivity contribution in [3.63, 3.8) is 0 Å². The van der Waals surface area contributed by atoms with E-state index >= 15 is 0 Å². The number of nitrogen functional groups attached to an aromatic ring is 1. The number of halogens is 2. The Bertz CT molecular complexity index is 770. The fraction of sp³-hybridized carbons (Fsp3) is 0.350. The summed E-state index contributed by atoms with van der Waals surface area (Å²) in [6.07, 6.45) is 0. The van der Waals surface area contributed by atoms with Gasteiger partial charge in [-0.3, -0.25) is 4.79 Å². The van der Waals surface area contributed by atoms with E-state index in [0.29, 0.717) is 35.9 Å². The number of carbonyl (C=O) groups is 1. The Hall–Kier alpha value is -2.15. The lowest BCUT2D eigenvalue weighted by Crippen LogP contribution is -2.23. The molecule has 28 heavy (non-hydrogen) atoms. The summed E-state index contributed by atoms with van der Waals surface area (Å²) in [5, 5.41) is 2.91. The zero-order valence-corrected chi connectivity index (χ0v) is 18.3. The lowest BCUT2D eigenvalue weighted by Gasteiger charge is -2.15. The van der Waals surface area contributed by atoms with Crippen molar-refractivity contribution in [3.05, 3.63) is 53.1 Å². The van der Waals surface area contributed by atoms with Crippen LogP contribution in [0.15, 0.2) is 36.4 Å². The van der Waals surface area contributed by atoms with Gasteiger partial charge in [-0.15, -0.1) is 24.8 Å². The first-order chi connectivity index (χ1) is 12.4. The first-order valence-electron chi connectivity index (χ1n) is 8.49. The number of likely N-dealkylation sites (N-methyl/N-ethyl adjacent to an activating group) is 1. The number of carbonyl (C=O) groups excluding carboxylic acids is 1. The van der Waals surface area contributed by atoms with Crippen molar-refractivity contribution in [3.8, 4) is 11.5 Å². The van der Waals surface area contributed by atoms with Gasteiger partial charge < -0.3 is 25.4 Å². The molecule has 6 nitrogen and oxygen atoms in total. The average molecular weight is 430 g/mol. The number of nitrogens with zero attached hydrogens (tertiary/aromatic N) is 1. The predicted molar refractivity (Wildman–Crippen MR) is 118 cm³/mol. The minimum absolute atomic E-state index is 0. The molecule has 0 aromatic heterocycles. The molecule has 0 unspecified atom stereocenters. The van der Waals surface area contributed by atoms with E-state index in [1.807, 2.05) is 45.3 Å². The topological polar surface area (TPSA) is 76.8 Å². The molecule has 0 fully saturated rings. The number of hydrogen-bond acceptors (Lipinski definition) is 5. The summed E-state index contributed by atoms with van der Waals surface area (Å²) >= 11 is 0. The van der Waals surface area contributed by atoms with Gasteiger partial charge in [-0.25, -0.2) is 0 Å². The quantitative estimate of drug-likeness (QED) is 0.629. The van der Waals surface area contributed by atoms with Crippen LogP contribution in [-0.4, -0.2) is 45.2 Å². The maximum atomic E-state index is 12.4. The minimum Gasteiger partial charge on any atom is -0.493 e. The van der Waals surface area contributed by atoms with Gasteiger partial charge in [0.1, 0.15) is 6.61 Å². The number of benzene rings is 2. The average Bonchev–Trinajstić information content (AvgIpc) is 2.62. The summed E-state index contributed by atoms with van der Waals surface area (Å²) in [5.41, 5.74) is 8.74. The van der Waals surface area contributed by atoms with E-state index in [1.54, 1.807) is 19.2 Å². The van der Waals surface area contributed by atoms with Gasteiger partial charge in [0.05, 0.1) is 7.11 Å². The maximum absolute atomic E-state index is 12.4. The molecule has 0 aliphatic carbocycles. The molecule has 8 heteroatoms. The number of nitrogens with two attached hydrogens (primary N) is 1. The molecule has 156 valence electrons. The Morgan fingerprint density at radius 2 is 1.82 bits per heavy atom. The van der Waals surface area contributed by atoms with E-state index < -0.39 is 0 Å². The molecule has 2 rings (SSSR count). The minimum atomic E-state index is -0.153. The van der Waals surface area contributed by atoms with Gasteiger partial charge in [-0.2, -0.15) is 0 Å². The standard InChI is InChI=1S/C20H27N3O3.2ClH/c1-14-5-7-16(21)12-17(14)20(24)22-13-15-6-8-18(19(11-15)25-4)26-10-9-23(2)3;;/h5-8,11-12H,9-10,13,21H2,1-4H3,(H,22,24);2*1H. The van der Waals surface area contributed by atoms with Crippen LogP contribution in [0.4, 0.5) is 5.69 Å². The molecule has 0 atom stereocenters. The van der Waals surface area contributed by atoms with Crippen LogP contribution < -0.4 is 20.5 Å². The van der Waals surface area contributed by atoms with Crippen molar-refractivity contribution in [2.24, 2.45) is 0 Å². The molecule has 0 radical (unpaired) electrons. The Balaban J connectivity index is 0.00000364. The maximum Gasteiger partial charge on any atom is 0.251 e. The lowest BCUT2D eigenvalue weighted by molar-refractivity contribution is 0.0950. The predicted octanol–water partition coefficient (Wildman–Crippen LogP) is 3.30. The van der Waals surface area contributed by atoms with Gasteiger partial charge in [0.15, 0.2) is 11.5 Å². The molecule has 0 aliphatic heterocycles. The van der Waals surface area contributed by atoms with Crippen molar-refractivity contribution in [1.82, 2.24) is 10.2 Å². The fourth-order valence-corrected chi connectivity index (χ4v) is 2.44. The number of amides is 1. The molecule has 0 saturated heterocycles. The normalized spacial score (nSPS) is 9.89. The van der Waals surface area contributed by atoms with Crippen LogP contribution in [0.3, 0.4) is 0 Å². The first-order valence-corrected chi connectivity index (χ1v) is 8.49. The molecule has 0 saturated carbocycles. The Morgan fingerprint density at radius 3 is 2.46 bits per heavy atom. The highest BCUT2D eigenvalue weighted by atomic mass is 35.5. The third-order valence-corrected chi connectivity index (χ3v) is 3.98. The van der Waals surface area contributed by atoms with E-state index in [2.05, 4.69) is 10.2 Å². The van der Waals surface area contributed by atoms with Crippen LogP contribution in [-0.2, 0) is 6.54 Å². The third kappa shape index (κ3) is 7.46. The fourth-order valence-electron chi connectivity index (χ4n) is 2.44. The summed E-state index contributed by atoms with van der Waals surface area (Å²) in [6, 6.07) is 11.0. The molecule has 0 spiro atoms. The summed E-state index contributed by atoms with van der Waals surface area (Å²) in [4.78, 5) is 14.4. The zero-order valence-electron chi connectivity index (χ0n) is 16.7. The first kappa shape index (κ1) is 25.9. The van der Waals surface area contributed by atoms with Crippen molar-refractivity contribution in [1.29, 1.82) is 0 Å². The molecule has 2 aromatic carbocycles.